The fourth-order valence-electron chi connectivity index (χ4n) is 1.55. The zero-order chi connectivity index (χ0) is 11.4. The summed E-state index contributed by atoms with van der Waals surface area (Å²) in [6.45, 7) is 3.79. The Balaban J connectivity index is 3.10. The number of rotatable bonds is 2. The van der Waals surface area contributed by atoms with Gasteiger partial charge in [0.25, 0.3) is 0 Å². The van der Waals surface area contributed by atoms with E-state index >= 15 is 0 Å². The lowest BCUT2D eigenvalue weighted by Gasteiger charge is -2.08. The topological polar surface area (TPSA) is 50.1 Å². The van der Waals surface area contributed by atoms with Gasteiger partial charge in [-0.3, -0.25) is 4.79 Å². The predicted octanol–water partition coefficient (Wildman–Crippen LogP) is 1.89. The summed E-state index contributed by atoms with van der Waals surface area (Å²) in [5.74, 6) is -0.258. The molecule has 15 heavy (non-hydrogen) atoms. The molecule has 0 radical (unpaired) electrons. The number of carbonyl (C=O) groups excluding carboxylic acids is 1. The molecule has 3 heteroatoms. The highest BCUT2D eigenvalue weighted by Crippen LogP contribution is 2.17. The summed E-state index contributed by atoms with van der Waals surface area (Å²) in [6.07, 6.45) is 0.264. The lowest BCUT2D eigenvalue weighted by atomic mass is 9.97. The van der Waals surface area contributed by atoms with E-state index in [1.807, 2.05) is 13.8 Å². The van der Waals surface area contributed by atoms with Crippen LogP contribution in [0.25, 0.3) is 0 Å². The van der Waals surface area contributed by atoms with Crippen molar-refractivity contribution in [1.82, 2.24) is 0 Å². The number of benzene rings is 1. The third-order valence-corrected chi connectivity index (χ3v) is 2.37. The lowest BCUT2D eigenvalue weighted by molar-refractivity contribution is -0.139. The lowest BCUT2D eigenvalue weighted by Crippen LogP contribution is -2.07. The van der Waals surface area contributed by atoms with Gasteiger partial charge >= 0.3 is 5.97 Å². The molecule has 0 aliphatic carbocycles. The maximum absolute atomic E-state index is 11.2. The first kappa shape index (κ1) is 11.3. The number of aryl methyl sites for hydroxylation is 2. The quantitative estimate of drug-likeness (QED) is 0.690. The molecule has 3 nitrogen and oxygen atoms in total. The van der Waals surface area contributed by atoms with Crippen molar-refractivity contribution in [2.45, 2.75) is 20.3 Å². The first-order chi connectivity index (χ1) is 7.08. The van der Waals surface area contributed by atoms with Gasteiger partial charge in [-0.05, 0) is 42.7 Å². The number of esters is 1. The van der Waals surface area contributed by atoms with Crippen molar-refractivity contribution >= 4 is 5.97 Å². The molecule has 0 spiro atoms. The van der Waals surface area contributed by atoms with Crippen molar-refractivity contribution < 1.29 is 9.53 Å². The molecule has 1 aromatic rings. The summed E-state index contributed by atoms with van der Waals surface area (Å²) in [6, 6.07) is 5.65. The number of ether oxygens (including phenoxy) is 1. The molecule has 0 aliphatic rings. The summed E-state index contributed by atoms with van der Waals surface area (Å²) in [5, 5.41) is 8.76. The van der Waals surface area contributed by atoms with Crippen molar-refractivity contribution in [3.63, 3.8) is 0 Å². The van der Waals surface area contributed by atoms with Crippen molar-refractivity contribution in [1.29, 1.82) is 5.26 Å². The fraction of sp³-hybridized carbons (Fsp3) is 0.333. The summed E-state index contributed by atoms with van der Waals surface area (Å²) in [4.78, 5) is 11.2. The Morgan fingerprint density at radius 3 is 2.33 bits per heavy atom. The minimum absolute atomic E-state index is 0.258. The van der Waals surface area contributed by atoms with Crippen molar-refractivity contribution in [2.24, 2.45) is 0 Å². The van der Waals surface area contributed by atoms with Gasteiger partial charge in [0.15, 0.2) is 0 Å². The zero-order valence-electron chi connectivity index (χ0n) is 9.13. The zero-order valence-corrected chi connectivity index (χ0v) is 9.13. The number of methoxy groups -OCH3 is 1. The highest BCUT2D eigenvalue weighted by Gasteiger charge is 2.09. The van der Waals surface area contributed by atoms with Crippen molar-refractivity contribution in [3.8, 4) is 6.07 Å². The number of nitriles is 1. The number of nitrogens with zero attached hydrogens (tertiary/aromatic N) is 1. The van der Waals surface area contributed by atoms with Crippen LogP contribution in [0.5, 0.6) is 0 Å². The van der Waals surface area contributed by atoms with E-state index in [0.29, 0.717) is 5.56 Å². The molecular formula is C12H13NO2. The smallest absolute Gasteiger partial charge is 0.309 e. The number of hydrogen-bond donors (Lipinski definition) is 0. The Bertz CT molecular complexity index is 407. The van der Waals surface area contributed by atoms with E-state index in [4.69, 9.17) is 5.26 Å². The van der Waals surface area contributed by atoms with Gasteiger partial charge in [0, 0.05) is 0 Å². The standard InChI is InChI=1S/C12H13NO2/c1-8-4-10(7-13)5-9(2)11(8)6-12(14)15-3/h4-5H,6H2,1-3H3. The molecule has 0 saturated heterocycles. The maximum atomic E-state index is 11.2. The second kappa shape index (κ2) is 4.61. The highest BCUT2D eigenvalue weighted by molar-refractivity contribution is 5.73. The third kappa shape index (κ3) is 2.57. The molecule has 0 amide bonds. The molecule has 1 rings (SSSR count). The Morgan fingerprint density at radius 2 is 1.93 bits per heavy atom. The molecule has 0 fully saturated rings. The first-order valence-electron chi connectivity index (χ1n) is 4.65. The minimum atomic E-state index is -0.258. The van der Waals surface area contributed by atoms with Gasteiger partial charge in [0.1, 0.15) is 0 Å². The van der Waals surface area contributed by atoms with Gasteiger partial charge in [0.05, 0.1) is 25.2 Å². The van der Waals surface area contributed by atoms with Crippen LogP contribution < -0.4 is 0 Å². The van der Waals surface area contributed by atoms with E-state index in [1.54, 1.807) is 12.1 Å². The van der Waals surface area contributed by atoms with Gasteiger partial charge in [-0.1, -0.05) is 0 Å². The van der Waals surface area contributed by atoms with E-state index in [9.17, 15) is 4.79 Å². The third-order valence-electron chi connectivity index (χ3n) is 2.37. The summed E-state index contributed by atoms with van der Waals surface area (Å²) in [5.41, 5.74) is 3.48. The first-order valence-corrected chi connectivity index (χ1v) is 4.65. The Kier molecular flexibility index (Phi) is 3.46. The van der Waals surface area contributed by atoms with E-state index in [1.165, 1.54) is 7.11 Å². The maximum Gasteiger partial charge on any atom is 0.309 e. The molecule has 0 atom stereocenters. The number of hydrogen-bond acceptors (Lipinski definition) is 3. The van der Waals surface area contributed by atoms with Crippen LogP contribution in [0, 0.1) is 25.2 Å². The van der Waals surface area contributed by atoms with Gasteiger partial charge in [-0.25, -0.2) is 0 Å². The molecule has 78 valence electrons. The molecule has 0 bridgehead atoms. The average Bonchev–Trinajstić information content (AvgIpc) is 2.22. The minimum Gasteiger partial charge on any atom is -0.469 e. The van der Waals surface area contributed by atoms with E-state index in [0.717, 1.165) is 16.7 Å². The fourth-order valence-corrected chi connectivity index (χ4v) is 1.55. The average molecular weight is 203 g/mol. The molecule has 0 aromatic heterocycles. The molecular weight excluding hydrogens is 190 g/mol. The van der Waals surface area contributed by atoms with Crippen LogP contribution >= 0.6 is 0 Å². The summed E-state index contributed by atoms with van der Waals surface area (Å²) in [7, 11) is 1.37. The molecule has 0 N–H and O–H groups in total. The van der Waals surface area contributed by atoms with Crippen LogP contribution in [0.1, 0.15) is 22.3 Å². The predicted molar refractivity (Wildman–Crippen MR) is 56.4 cm³/mol. The summed E-state index contributed by atoms with van der Waals surface area (Å²) < 4.78 is 4.62. The second-order valence-corrected chi connectivity index (χ2v) is 3.45. The van der Waals surface area contributed by atoms with Crippen molar-refractivity contribution in [3.05, 3.63) is 34.4 Å². The van der Waals surface area contributed by atoms with Crippen LogP contribution in [0.3, 0.4) is 0 Å². The largest absolute Gasteiger partial charge is 0.469 e. The molecule has 0 heterocycles. The second-order valence-electron chi connectivity index (χ2n) is 3.45. The van der Waals surface area contributed by atoms with Crippen LogP contribution in [0.2, 0.25) is 0 Å². The van der Waals surface area contributed by atoms with Gasteiger partial charge in [0.2, 0.25) is 0 Å². The van der Waals surface area contributed by atoms with Crippen molar-refractivity contribution in [2.75, 3.05) is 7.11 Å². The monoisotopic (exact) mass is 203 g/mol. The summed E-state index contributed by atoms with van der Waals surface area (Å²) >= 11 is 0. The van der Waals surface area contributed by atoms with Crippen LogP contribution in [-0.2, 0) is 16.0 Å². The number of carbonyl (C=O) groups is 1. The Labute approximate surface area is 89.3 Å². The van der Waals surface area contributed by atoms with Crippen LogP contribution in [-0.4, -0.2) is 13.1 Å². The molecule has 0 unspecified atom stereocenters. The van der Waals surface area contributed by atoms with Crippen LogP contribution in [0.4, 0.5) is 0 Å². The van der Waals surface area contributed by atoms with Crippen LogP contribution in [0.15, 0.2) is 12.1 Å². The SMILES string of the molecule is COC(=O)Cc1c(C)cc(C#N)cc1C. The Morgan fingerprint density at radius 1 is 1.40 bits per heavy atom. The van der Waals surface area contributed by atoms with E-state index < -0.39 is 0 Å². The van der Waals surface area contributed by atoms with Gasteiger partial charge < -0.3 is 4.74 Å². The normalized spacial score (nSPS) is 9.47. The molecule has 1 aromatic carbocycles. The van der Waals surface area contributed by atoms with E-state index in [-0.39, 0.29) is 12.4 Å². The highest BCUT2D eigenvalue weighted by atomic mass is 16.5. The van der Waals surface area contributed by atoms with E-state index in [2.05, 4.69) is 10.8 Å². The molecule has 0 aliphatic heterocycles. The van der Waals surface area contributed by atoms with Gasteiger partial charge in [-0.15, -0.1) is 0 Å². The van der Waals surface area contributed by atoms with Gasteiger partial charge in [-0.2, -0.15) is 5.26 Å². The Hall–Kier alpha value is -1.82. The molecule has 0 saturated carbocycles.